The van der Waals surface area contributed by atoms with Gasteiger partial charge in [-0.25, -0.2) is 4.79 Å². The van der Waals surface area contributed by atoms with Crippen LogP contribution in [0.3, 0.4) is 0 Å². The summed E-state index contributed by atoms with van der Waals surface area (Å²) in [4.78, 5) is 24.7. The number of aliphatic hydroxyl groups is 1. The molecule has 0 spiro atoms. The van der Waals surface area contributed by atoms with E-state index in [1.54, 1.807) is 20.8 Å². The van der Waals surface area contributed by atoms with Crippen molar-refractivity contribution >= 4 is 12.1 Å². The van der Waals surface area contributed by atoms with Gasteiger partial charge in [0.25, 0.3) is 0 Å². The maximum Gasteiger partial charge on any atom is 0.407 e. The third kappa shape index (κ3) is 10.4. The van der Waals surface area contributed by atoms with Gasteiger partial charge in [-0.2, -0.15) is 0 Å². The van der Waals surface area contributed by atoms with Gasteiger partial charge in [0.15, 0.2) is 0 Å². The van der Waals surface area contributed by atoms with Gasteiger partial charge in [-0.05, 0) is 63.3 Å². The van der Waals surface area contributed by atoms with Gasteiger partial charge in [0.2, 0.25) is 0 Å². The van der Waals surface area contributed by atoms with Gasteiger partial charge in [0.05, 0.1) is 25.2 Å². The smallest absolute Gasteiger partial charge is 0.407 e. The minimum atomic E-state index is -0.966. The largest absolute Gasteiger partial charge is 0.489 e. The molecule has 1 amide bonds. The molecule has 0 fully saturated rings. The van der Waals surface area contributed by atoms with Crippen molar-refractivity contribution in [1.82, 2.24) is 5.32 Å². The Morgan fingerprint density at radius 1 is 1.00 bits per heavy atom. The van der Waals surface area contributed by atoms with Crippen LogP contribution in [0.4, 0.5) is 4.79 Å². The van der Waals surface area contributed by atoms with E-state index in [9.17, 15) is 14.7 Å². The van der Waals surface area contributed by atoms with Crippen LogP contribution < -0.4 is 10.1 Å². The fourth-order valence-electron chi connectivity index (χ4n) is 3.76. The van der Waals surface area contributed by atoms with Crippen molar-refractivity contribution in [3.8, 4) is 5.75 Å². The summed E-state index contributed by atoms with van der Waals surface area (Å²) in [5.74, 6) is -0.0814. The highest BCUT2D eigenvalue weighted by molar-refractivity contribution is 5.72. The molecule has 0 heterocycles. The second-order valence-electron chi connectivity index (χ2n) is 9.69. The predicted octanol–water partition coefficient (Wildman–Crippen LogP) is 5.04. The Bertz CT molecular complexity index is 907. The van der Waals surface area contributed by atoms with Gasteiger partial charge in [0.1, 0.15) is 18.0 Å². The van der Waals surface area contributed by atoms with Crippen LogP contribution in [0.2, 0.25) is 0 Å². The summed E-state index contributed by atoms with van der Waals surface area (Å²) in [7, 11) is 1.34. The van der Waals surface area contributed by atoms with Crippen LogP contribution >= 0.6 is 0 Å². The number of benzene rings is 2. The summed E-state index contributed by atoms with van der Waals surface area (Å²) in [6.07, 6.45) is 0.331. The highest BCUT2D eigenvalue weighted by Gasteiger charge is 2.29. The van der Waals surface area contributed by atoms with Gasteiger partial charge in [-0.15, -0.1) is 0 Å². The van der Waals surface area contributed by atoms with E-state index in [2.05, 4.69) is 5.32 Å². The van der Waals surface area contributed by atoms with Crippen molar-refractivity contribution in [1.29, 1.82) is 0 Å². The summed E-state index contributed by atoms with van der Waals surface area (Å²) < 4.78 is 16.1. The number of hydrogen-bond acceptors (Lipinski definition) is 6. The summed E-state index contributed by atoms with van der Waals surface area (Å²) in [6.45, 7) is 7.77. The van der Waals surface area contributed by atoms with Crippen molar-refractivity contribution in [2.24, 2.45) is 5.92 Å². The van der Waals surface area contributed by atoms with Gasteiger partial charge in [0, 0.05) is 0 Å². The molecule has 0 unspecified atom stereocenters. The summed E-state index contributed by atoms with van der Waals surface area (Å²) in [5.41, 5.74) is 1.31. The molecule has 3 atom stereocenters. The third-order valence-corrected chi connectivity index (χ3v) is 5.49. The lowest BCUT2D eigenvalue weighted by atomic mass is 9.91. The van der Waals surface area contributed by atoms with E-state index in [1.807, 2.05) is 61.5 Å². The lowest BCUT2D eigenvalue weighted by Gasteiger charge is -2.28. The molecular weight excluding hydrogens is 446 g/mol. The van der Waals surface area contributed by atoms with E-state index >= 15 is 0 Å². The molecule has 2 aromatic rings. The molecule has 2 N–H and O–H groups in total. The lowest BCUT2D eigenvalue weighted by molar-refractivity contribution is -0.147. The van der Waals surface area contributed by atoms with E-state index in [-0.39, 0.29) is 12.4 Å². The van der Waals surface area contributed by atoms with Gasteiger partial charge in [-0.3, -0.25) is 4.79 Å². The number of aliphatic hydroxyl groups excluding tert-OH is 1. The number of esters is 1. The fourth-order valence-corrected chi connectivity index (χ4v) is 3.76. The number of carbonyl (C=O) groups excluding carboxylic acids is 2. The number of alkyl carbamates (subject to hydrolysis) is 1. The quantitative estimate of drug-likeness (QED) is 0.409. The molecule has 0 aliphatic heterocycles. The topological polar surface area (TPSA) is 94.1 Å². The van der Waals surface area contributed by atoms with Crippen LogP contribution in [0.15, 0.2) is 54.6 Å². The summed E-state index contributed by atoms with van der Waals surface area (Å²) >= 11 is 0. The monoisotopic (exact) mass is 485 g/mol. The van der Waals surface area contributed by atoms with Crippen LogP contribution in [0.1, 0.15) is 58.1 Å². The molecule has 7 heteroatoms. The molecule has 2 aromatic carbocycles. The van der Waals surface area contributed by atoms with Crippen molar-refractivity contribution < 1.29 is 28.9 Å². The first kappa shape index (κ1) is 28.2. The Kier molecular flexibility index (Phi) is 11.1. The van der Waals surface area contributed by atoms with Crippen molar-refractivity contribution in [3.63, 3.8) is 0 Å². The minimum absolute atomic E-state index is 0.180. The maximum atomic E-state index is 12.5. The Balaban J connectivity index is 2.09. The van der Waals surface area contributed by atoms with E-state index in [1.165, 1.54) is 7.11 Å². The van der Waals surface area contributed by atoms with Crippen LogP contribution in [0.25, 0.3) is 0 Å². The SMILES string of the molecule is CCC[C@H](C[C@H](O)[C@H](Cc1ccc(OCc2ccccc2)cc1)NC(=O)OC(C)(C)C)C(=O)OC. The molecule has 192 valence electrons. The predicted molar refractivity (Wildman–Crippen MR) is 135 cm³/mol. The van der Waals surface area contributed by atoms with Crippen molar-refractivity contribution in [3.05, 3.63) is 65.7 Å². The number of amides is 1. The molecule has 0 aliphatic carbocycles. The zero-order valence-electron chi connectivity index (χ0n) is 21.5. The molecular formula is C28H39NO6. The second-order valence-corrected chi connectivity index (χ2v) is 9.69. The van der Waals surface area contributed by atoms with Crippen LogP contribution in [-0.4, -0.2) is 42.0 Å². The Hall–Kier alpha value is -3.06. The normalized spacial score (nSPS) is 13.9. The number of hydrogen-bond donors (Lipinski definition) is 2. The first-order valence-electron chi connectivity index (χ1n) is 12.1. The summed E-state index contributed by atoms with van der Waals surface area (Å²) in [5, 5.41) is 13.8. The van der Waals surface area contributed by atoms with E-state index in [4.69, 9.17) is 14.2 Å². The van der Waals surface area contributed by atoms with Gasteiger partial charge in [-0.1, -0.05) is 55.8 Å². The molecule has 35 heavy (non-hydrogen) atoms. The molecule has 7 nitrogen and oxygen atoms in total. The lowest BCUT2D eigenvalue weighted by Crippen LogP contribution is -2.47. The third-order valence-electron chi connectivity index (χ3n) is 5.49. The van der Waals surface area contributed by atoms with Crippen molar-refractivity contribution in [2.75, 3.05) is 7.11 Å². The first-order valence-corrected chi connectivity index (χ1v) is 12.1. The Morgan fingerprint density at radius 2 is 1.66 bits per heavy atom. The molecule has 2 rings (SSSR count). The first-order chi connectivity index (χ1) is 16.6. The molecule has 0 saturated carbocycles. The van der Waals surface area contributed by atoms with E-state index < -0.39 is 29.8 Å². The standard InChI is InChI=1S/C28H39NO6/c1-6-10-22(26(31)33-5)18-25(30)24(29-27(32)35-28(2,3)4)17-20-13-15-23(16-14-20)34-19-21-11-8-7-9-12-21/h7-9,11-16,22,24-25,30H,6,10,17-19H2,1-5H3,(H,29,32)/t22-,24+,25+/m1/s1. The Labute approximate surface area is 208 Å². The minimum Gasteiger partial charge on any atom is -0.489 e. The van der Waals surface area contributed by atoms with Crippen molar-refractivity contribution in [2.45, 2.75) is 77.7 Å². The maximum absolute atomic E-state index is 12.5. The average Bonchev–Trinajstić information content (AvgIpc) is 2.81. The second kappa shape index (κ2) is 13.7. The number of ether oxygens (including phenoxy) is 3. The molecule has 0 radical (unpaired) electrons. The zero-order valence-corrected chi connectivity index (χ0v) is 21.5. The molecule has 0 aromatic heterocycles. The van der Waals surface area contributed by atoms with Crippen LogP contribution in [0.5, 0.6) is 5.75 Å². The number of carbonyl (C=O) groups is 2. The highest BCUT2D eigenvalue weighted by Crippen LogP contribution is 2.21. The number of nitrogens with one attached hydrogen (secondary N) is 1. The van der Waals surface area contributed by atoms with Crippen LogP contribution in [0, 0.1) is 5.92 Å². The molecule has 0 saturated heterocycles. The number of rotatable bonds is 12. The van der Waals surface area contributed by atoms with E-state index in [0.717, 1.165) is 23.3 Å². The van der Waals surface area contributed by atoms with Crippen LogP contribution in [-0.2, 0) is 27.3 Å². The molecule has 0 bridgehead atoms. The average molecular weight is 486 g/mol. The number of methoxy groups -OCH3 is 1. The highest BCUT2D eigenvalue weighted by atomic mass is 16.6. The van der Waals surface area contributed by atoms with E-state index in [0.29, 0.717) is 19.4 Å². The zero-order chi connectivity index (χ0) is 25.8. The molecule has 0 aliphatic rings. The summed E-state index contributed by atoms with van der Waals surface area (Å²) in [6, 6.07) is 16.8. The Morgan fingerprint density at radius 3 is 2.23 bits per heavy atom. The van der Waals surface area contributed by atoms with Gasteiger partial charge < -0.3 is 24.6 Å². The fraction of sp³-hybridized carbons (Fsp3) is 0.500. The van der Waals surface area contributed by atoms with Gasteiger partial charge >= 0.3 is 12.1 Å².